The Balaban J connectivity index is 1.40. The fourth-order valence-electron chi connectivity index (χ4n) is 3.34. The Bertz CT molecular complexity index is 1330. The third-order valence-corrected chi connectivity index (χ3v) is 4.91. The van der Waals surface area contributed by atoms with Crippen LogP contribution in [0, 0.1) is 20.8 Å². The largest absolute Gasteiger partial charge is 0.497 e. The van der Waals surface area contributed by atoms with Crippen LogP contribution in [-0.4, -0.2) is 32.8 Å². The summed E-state index contributed by atoms with van der Waals surface area (Å²) in [5, 5.41) is 7.30. The molecule has 0 saturated carbocycles. The van der Waals surface area contributed by atoms with Gasteiger partial charge in [0.15, 0.2) is 5.82 Å². The van der Waals surface area contributed by atoms with Gasteiger partial charge in [-0.25, -0.2) is 9.67 Å². The van der Waals surface area contributed by atoms with Crippen LogP contribution in [0.3, 0.4) is 0 Å². The number of amides is 1. The molecular weight excluding hydrogens is 430 g/mol. The number of nitrogens with zero attached hydrogens (tertiary/aromatic N) is 4. The van der Waals surface area contributed by atoms with Crippen LogP contribution >= 0.6 is 0 Å². The van der Waals surface area contributed by atoms with Crippen LogP contribution in [0.4, 0.5) is 5.69 Å². The van der Waals surface area contributed by atoms with Crippen LogP contribution in [0.15, 0.2) is 66.7 Å². The molecule has 172 valence electrons. The van der Waals surface area contributed by atoms with Crippen molar-refractivity contribution in [2.24, 2.45) is 0 Å². The van der Waals surface area contributed by atoms with E-state index in [0.29, 0.717) is 29.0 Å². The summed E-state index contributed by atoms with van der Waals surface area (Å²) in [5.41, 5.74) is 3.44. The minimum Gasteiger partial charge on any atom is -0.497 e. The standard InChI is InChI=1S/C26H25N5O3/c1-17-15-18(2)31(30-17)24-16-26(28-19(3)27-24)34-23-12-8-21(9-13-23)29-25(32)14-7-20-5-10-22(33-4)11-6-20/h5-16H,1-4H3,(H,29,32)/b14-7+. The topological polar surface area (TPSA) is 91.2 Å². The van der Waals surface area contributed by atoms with Crippen molar-refractivity contribution in [3.05, 3.63) is 89.5 Å². The maximum absolute atomic E-state index is 12.2. The quantitative estimate of drug-likeness (QED) is 0.393. The number of carbonyl (C=O) groups is 1. The maximum atomic E-state index is 12.2. The minimum atomic E-state index is -0.231. The molecule has 2 heterocycles. The van der Waals surface area contributed by atoms with Gasteiger partial charge >= 0.3 is 0 Å². The highest BCUT2D eigenvalue weighted by atomic mass is 16.5. The number of benzene rings is 2. The molecule has 8 nitrogen and oxygen atoms in total. The van der Waals surface area contributed by atoms with E-state index in [1.54, 1.807) is 55.1 Å². The smallest absolute Gasteiger partial charge is 0.248 e. The van der Waals surface area contributed by atoms with Gasteiger partial charge < -0.3 is 14.8 Å². The van der Waals surface area contributed by atoms with Crippen LogP contribution in [-0.2, 0) is 4.79 Å². The van der Waals surface area contributed by atoms with Crippen LogP contribution in [0.1, 0.15) is 22.8 Å². The molecule has 1 amide bonds. The van der Waals surface area contributed by atoms with E-state index in [4.69, 9.17) is 9.47 Å². The number of rotatable bonds is 7. The van der Waals surface area contributed by atoms with Gasteiger partial charge in [-0.2, -0.15) is 10.1 Å². The van der Waals surface area contributed by atoms with Crippen molar-refractivity contribution >= 4 is 17.7 Å². The highest BCUT2D eigenvalue weighted by molar-refractivity contribution is 6.01. The Kier molecular flexibility index (Phi) is 6.68. The minimum absolute atomic E-state index is 0.231. The number of ether oxygens (including phenoxy) is 2. The second-order valence-electron chi connectivity index (χ2n) is 7.67. The molecule has 0 aliphatic rings. The van der Waals surface area contributed by atoms with Crippen molar-refractivity contribution < 1.29 is 14.3 Å². The van der Waals surface area contributed by atoms with Gasteiger partial charge in [-0.1, -0.05) is 12.1 Å². The third kappa shape index (κ3) is 5.66. The van der Waals surface area contributed by atoms with Gasteiger partial charge in [0.2, 0.25) is 11.8 Å². The Morgan fingerprint density at radius 1 is 0.941 bits per heavy atom. The Morgan fingerprint density at radius 2 is 1.65 bits per heavy atom. The molecule has 0 saturated heterocycles. The molecule has 0 aliphatic heterocycles. The predicted molar refractivity (Wildman–Crippen MR) is 131 cm³/mol. The average Bonchev–Trinajstić information content (AvgIpc) is 3.17. The lowest BCUT2D eigenvalue weighted by Crippen LogP contribution is -2.07. The van der Waals surface area contributed by atoms with Crippen molar-refractivity contribution in [3.63, 3.8) is 0 Å². The second-order valence-corrected chi connectivity index (χ2v) is 7.67. The SMILES string of the molecule is COc1ccc(/C=C/C(=O)Nc2ccc(Oc3cc(-n4nc(C)cc4C)nc(C)n3)cc2)cc1. The zero-order valence-corrected chi connectivity index (χ0v) is 19.4. The van der Waals surface area contributed by atoms with E-state index in [0.717, 1.165) is 22.7 Å². The summed E-state index contributed by atoms with van der Waals surface area (Å²) in [7, 11) is 1.61. The Hall–Kier alpha value is -4.46. The molecule has 0 bridgehead atoms. The van der Waals surface area contributed by atoms with Gasteiger partial charge in [0.1, 0.15) is 17.3 Å². The van der Waals surface area contributed by atoms with E-state index in [2.05, 4.69) is 20.4 Å². The van der Waals surface area contributed by atoms with Gasteiger partial charge in [-0.05, 0) is 74.9 Å². The molecule has 2 aromatic heterocycles. The summed E-state index contributed by atoms with van der Waals surface area (Å²) in [6.07, 6.45) is 3.22. The van der Waals surface area contributed by atoms with Crippen molar-refractivity contribution in [1.82, 2.24) is 19.7 Å². The van der Waals surface area contributed by atoms with Crippen LogP contribution in [0.25, 0.3) is 11.9 Å². The van der Waals surface area contributed by atoms with Crippen LogP contribution < -0.4 is 14.8 Å². The number of aromatic nitrogens is 4. The first-order valence-electron chi connectivity index (χ1n) is 10.7. The summed E-state index contributed by atoms with van der Waals surface area (Å²) in [6, 6.07) is 18.2. The summed E-state index contributed by atoms with van der Waals surface area (Å²) < 4.78 is 12.8. The summed E-state index contributed by atoms with van der Waals surface area (Å²) in [5.74, 6) is 2.75. The molecule has 0 fully saturated rings. The molecule has 8 heteroatoms. The number of methoxy groups -OCH3 is 1. The summed E-state index contributed by atoms with van der Waals surface area (Å²) >= 11 is 0. The highest BCUT2D eigenvalue weighted by Gasteiger charge is 2.10. The molecule has 2 aromatic carbocycles. The number of hydrogen-bond donors (Lipinski definition) is 1. The molecule has 1 N–H and O–H groups in total. The molecule has 0 unspecified atom stereocenters. The van der Waals surface area contributed by atoms with Gasteiger partial charge in [0.25, 0.3) is 0 Å². The van der Waals surface area contributed by atoms with Crippen molar-refractivity contribution in [3.8, 4) is 23.2 Å². The number of anilines is 1. The van der Waals surface area contributed by atoms with Crippen molar-refractivity contribution in [1.29, 1.82) is 0 Å². The summed E-state index contributed by atoms with van der Waals surface area (Å²) in [4.78, 5) is 21.1. The van der Waals surface area contributed by atoms with Crippen LogP contribution in [0.2, 0.25) is 0 Å². The van der Waals surface area contributed by atoms with E-state index in [1.807, 2.05) is 44.2 Å². The molecule has 0 spiro atoms. The zero-order chi connectivity index (χ0) is 24.1. The van der Waals surface area contributed by atoms with Gasteiger partial charge in [0.05, 0.1) is 12.8 Å². The first-order chi connectivity index (χ1) is 16.4. The van der Waals surface area contributed by atoms with E-state index < -0.39 is 0 Å². The molecule has 4 aromatic rings. The molecule has 34 heavy (non-hydrogen) atoms. The molecule has 0 radical (unpaired) electrons. The first-order valence-corrected chi connectivity index (χ1v) is 10.7. The zero-order valence-electron chi connectivity index (χ0n) is 19.4. The monoisotopic (exact) mass is 455 g/mol. The fraction of sp³-hybridized carbons (Fsp3) is 0.154. The Morgan fingerprint density at radius 3 is 2.29 bits per heavy atom. The average molecular weight is 456 g/mol. The number of aryl methyl sites for hydroxylation is 3. The third-order valence-electron chi connectivity index (χ3n) is 4.91. The lowest BCUT2D eigenvalue weighted by atomic mass is 10.2. The van der Waals surface area contributed by atoms with E-state index in [-0.39, 0.29) is 5.91 Å². The van der Waals surface area contributed by atoms with E-state index in [1.165, 1.54) is 6.08 Å². The summed E-state index contributed by atoms with van der Waals surface area (Å²) in [6.45, 7) is 5.71. The Labute approximate surface area is 197 Å². The number of nitrogens with one attached hydrogen (secondary N) is 1. The number of hydrogen-bond acceptors (Lipinski definition) is 6. The maximum Gasteiger partial charge on any atom is 0.248 e. The molecule has 0 aliphatic carbocycles. The van der Waals surface area contributed by atoms with Gasteiger partial charge in [-0.15, -0.1) is 0 Å². The number of carbonyl (C=O) groups excluding carboxylic acids is 1. The second kappa shape index (κ2) is 9.99. The molecular formula is C26H25N5O3. The van der Waals surface area contributed by atoms with E-state index in [9.17, 15) is 4.79 Å². The van der Waals surface area contributed by atoms with Crippen molar-refractivity contribution in [2.45, 2.75) is 20.8 Å². The highest BCUT2D eigenvalue weighted by Crippen LogP contribution is 2.23. The van der Waals surface area contributed by atoms with Gasteiger partial charge in [-0.3, -0.25) is 4.79 Å². The first kappa shape index (κ1) is 22.7. The van der Waals surface area contributed by atoms with Crippen molar-refractivity contribution in [2.75, 3.05) is 12.4 Å². The molecule has 4 rings (SSSR count). The molecule has 0 atom stereocenters. The fourth-order valence-corrected chi connectivity index (χ4v) is 3.34. The lowest BCUT2D eigenvalue weighted by Gasteiger charge is -2.09. The van der Waals surface area contributed by atoms with Crippen LogP contribution in [0.5, 0.6) is 17.4 Å². The predicted octanol–water partition coefficient (Wildman–Crippen LogP) is 5.04. The van der Waals surface area contributed by atoms with E-state index >= 15 is 0 Å². The van der Waals surface area contributed by atoms with Gasteiger partial charge in [0, 0.05) is 23.5 Å². The normalized spacial score (nSPS) is 10.9. The lowest BCUT2D eigenvalue weighted by molar-refractivity contribution is -0.111.